The molecule has 5 heteroatoms. The fraction of sp³-hybridized carbons (Fsp3) is 0.333. The number of aryl methyl sites for hydroxylation is 1. The number of anilines is 1. The van der Waals surface area contributed by atoms with Gasteiger partial charge in [-0.05, 0) is 25.6 Å². The highest BCUT2D eigenvalue weighted by Gasteiger charge is 2.07. The van der Waals surface area contributed by atoms with E-state index in [-0.39, 0.29) is 0 Å². The van der Waals surface area contributed by atoms with E-state index < -0.39 is 0 Å². The number of benzene rings is 1. The molecular formula is C15H19BrN4. The van der Waals surface area contributed by atoms with E-state index in [0.29, 0.717) is 0 Å². The van der Waals surface area contributed by atoms with Crippen molar-refractivity contribution in [3.63, 3.8) is 0 Å². The van der Waals surface area contributed by atoms with E-state index >= 15 is 0 Å². The molecule has 2 aromatic rings. The van der Waals surface area contributed by atoms with Crippen LogP contribution < -0.4 is 5.32 Å². The van der Waals surface area contributed by atoms with Crippen LogP contribution in [0.1, 0.15) is 17.1 Å². The predicted molar refractivity (Wildman–Crippen MR) is 85.6 cm³/mol. The van der Waals surface area contributed by atoms with Crippen LogP contribution in [0.4, 0.5) is 5.82 Å². The number of rotatable bonds is 5. The number of halogens is 1. The van der Waals surface area contributed by atoms with Crippen LogP contribution in [0.5, 0.6) is 0 Å². The average molecular weight is 335 g/mol. The van der Waals surface area contributed by atoms with Gasteiger partial charge in [0.25, 0.3) is 0 Å². The molecule has 0 aliphatic rings. The molecule has 0 saturated heterocycles. The molecule has 0 saturated carbocycles. The Hall–Kier alpha value is -1.46. The van der Waals surface area contributed by atoms with Gasteiger partial charge in [0.2, 0.25) is 0 Å². The molecule has 0 aliphatic heterocycles. The van der Waals surface area contributed by atoms with Gasteiger partial charge in [-0.25, -0.2) is 9.97 Å². The van der Waals surface area contributed by atoms with Crippen molar-refractivity contribution in [2.45, 2.75) is 20.0 Å². The lowest BCUT2D eigenvalue weighted by Crippen LogP contribution is -2.19. The van der Waals surface area contributed by atoms with Gasteiger partial charge in [0.15, 0.2) is 0 Å². The summed E-state index contributed by atoms with van der Waals surface area (Å²) in [7, 11) is 3.94. The Morgan fingerprint density at radius 2 is 1.95 bits per heavy atom. The molecule has 20 heavy (non-hydrogen) atoms. The van der Waals surface area contributed by atoms with Gasteiger partial charge in [-0.3, -0.25) is 4.90 Å². The van der Waals surface area contributed by atoms with Gasteiger partial charge in [0.1, 0.15) is 11.6 Å². The highest BCUT2D eigenvalue weighted by Crippen LogP contribution is 2.18. The minimum atomic E-state index is 0.720. The van der Waals surface area contributed by atoms with Crippen molar-refractivity contribution in [1.82, 2.24) is 14.9 Å². The van der Waals surface area contributed by atoms with E-state index in [1.54, 1.807) is 0 Å². The molecule has 1 aromatic heterocycles. The SMILES string of the molecule is CNc1cc(C)nc(CN(C)Cc2ccccc2Br)n1. The van der Waals surface area contributed by atoms with Gasteiger partial charge in [0, 0.05) is 29.8 Å². The van der Waals surface area contributed by atoms with Crippen molar-refractivity contribution in [3.8, 4) is 0 Å². The monoisotopic (exact) mass is 334 g/mol. The topological polar surface area (TPSA) is 41.1 Å². The quantitative estimate of drug-likeness (QED) is 0.911. The summed E-state index contributed by atoms with van der Waals surface area (Å²) in [6.07, 6.45) is 0. The van der Waals surface area contributed by atoms with Crippen LogP contribution in [0, 0.1) is 6.92 Å². The molecule has 0 aliphatic carbocycles. The molecule has 0 spiro atoms. The van der Waals surface area contributed by atoms with E-state index in [1.807, 2.05) is 26.1 Å². The number of nitrogens with zero attached hydrogens (tertiary/aromatic N) is 3. The van der Waals surface area contributed by atoms with Gasteiger partial charge in [0.05, 0.1) is 6.54 Å². The van der Waals surface area contributed by atoms with Crippen LogP contribution in [-0.2, 0) is 13.1 Å². The first-order valence-corrected chi connectivity index (χ1v) is 7.32. The predicted octanol–water partition coefficient (Wildman–Crippen LogP) is 3.22. The molecule has 0 bridgehead atoms. The highest BCUT2D eigenvalue weighted by molar-refractivity contribution is 9.10. The van der Waals surface area contributed by atoms with Crippen molar-refractivity contribution < 1.29 is 0 Å². The van der Waals surface area contributed by atoms with E-state index in [9.17, 15) is 0 Å². The Morgan fingerprint density at radius 1 is 1.20 bits per heavy atom. The van der Waals surface area contributed by atoms with Crippen LogP contribution >= 0.6 is 15.9 Å². The minimum Gasteiger partial charge on any atom is -0.373 e. The molecule has 0 unspecified atom stereocenters. The van der Waals surface area contributed by atoms with Crippen LogP contribution in [0.15, 0.2) is 34.8 Å². The smallest absolute Gasteiger partial charge is 0.144 e. The second kappa shape index (κ2) is 6.81. The zero-order valence-electron chi connectivity index (χ0n) is 12.0. The fourth-order valence-electron chi connectivity index (χ4n) is 2.04. The Balaban J connectivity index is 2.06. The van der Waals surface area contributed by atoms with Crippen molar-refractivity contribution >= 4 is 21.7 Å². The summed E-state index contributed by atoms with van der Waals surface area (Å²) in [6, 6.07) is 10.2. The zero-order chi connectivity index (χ0) is 14.5. The zero-order valence-corrected chi connectivity index (χ0v) is 13.6. The van der Waals surface area contributed by atoms with Crippen LogP contribution in [0.25, 0.3) is 0 Å². The van der Waals surface area contributed by atoms with Crippen molar-refractivity contribution in [1.29, 1.82) is 0 Å². The molecule has 0 atom stereocenters. The lowest BCUT2D eigenvalue weighted by atomic mass is 10.2. The maximum Gasteiger partial charge on any atom is 0.144 e. The molecular weight excluding hydrogens is 316 g/mol. The second-order valence-corrected chi connectivity index (χ2v) is 5.68. The van der Waals surface area contributed by atoms with E-state index in [1.165, 1.54) is 5.56 Å². The summed E-state index contributed by atoms with van der Waals surface area (Å²) < 4.78 is 1.13. The first-order valence-electron chi connectivity index (χ1n) is 6.52. The molecule has 2 rings (SSSR count). The standard InChI is InChI=1S/C15H19BrN4/c1-11-8-14(17-2)19-15(18-11)10-20(3)9-12-6-4-5-7-13(12)16/h4-8H,9-10H2,1-3H3,(H,17,18,19). The maximum absolute atomic E-state index is 4.48. The number of nitrogens with one attached hydrogen (secondary N) is 1. The Kier molecular flexibility index (Phi) is 5.09. The summed E-state index contributed by atoms with van der Waals surface area (Å²) in [5, 5.41) is 3.06. The van der Waals surface area contributed by atoms with Crippen molar-refractivity contribution in [2.24, 2.45) is 0 Å². The molecule has 1 heterocycles. The third-order valence-corrected chi connectivity index (χ3v) is 3.74. The van der Waals surface area contributed by atoms with Gasteiger partial charge in [-0.2, -0.15) is 0 Å². The van der Waals surface area contributed by atoms with Crippen LogP contribution in [0.2, 0.25) is 0 Å². The molecule has 0 radical (unpaired) electrons. The number of hydrogen-bond acceptors (Lipinski definition) is 4. The Morgan fingerprint density at radius 3 is 2.65 bits per heavy atom. The van der Waals surface area contributed by atoms with Crippen molar-refractivity contribution in [3.05, 3.63) is 51.9 Å². The van der Waals surface area contributed by atoms with Gasteiger partial charge in [-0.1, -0.05) is 34.1 Å². The van der Waals surface area contributed by atoms with Crippen LogP contribution in [0.3, 0.4) is 0 Å². The van der Waals surface area contributed by atoms with Crippen LogP contribution in [-0.4, -0.2) is 29.0 Å². The summed E-state index contributed by atoms with van der Waals surface area (Å²) in [5.41, 5.74) is 2.24. The first kappa shape index (κ1) is 14.9. The number of aromatic nitrogens is 2. The Bertz CT molecular complexity index is 586. The van der Waals surface area contributed by atoms with Gasteiger partial charge in [-0.15, -0.1) is 0 Å². The number of hydrogen-bond donors (Lipinski definition) is 1. The normalized spacial score (nSPS) is 10.8. The molecule has 1 N–H and O–H groups in total. The Labute approximate surface area is 128 Å². The lowest BCUT2D eigenvalue weighted by molar-refractivity contribution is 0.310. The maximum atomic E-state index is 4.48. The first-order chi connectivity index (χ1) is 9.58. The second-order valence-electron chi connectivity index (χ2n) is 4.82. The van der Waals surface area contributed by atoms with Crippen molar-refractivity contribution in [2.75, 3.05) is 19.4 Å². The summed E-state index contributed by atoms with van der Waals surface area (Å²) in [5.74, 6) is 1.70. The molecule has 0 fully saturated rings. The summed E-state index contributed by atoms with van der Waals surface area (Å²) >= 11 is 3.58. The lowest BCUT2D eigenvalue weighted by Gasteiger charge is -2.17. The van der Waals surface area contributed by atoms with E-state index in [0.717, 1.165) is 34.9 Å². The summed E-state index contributed by atoms with van der Waals surface area (Å²) in [6.45, 7) is 3.56. The third kappa shape index (κ3) is 4.02. The molecule has 4 nitrogen and oxygen atoms in total. The third-order valence-electron chi connectivity index (χ3n) is 2.97. The van der Waals surface area contributed by atoms with E-state index in [4.69, 9.17) is 0 Å². The average Bonchev–Trinajstić information content (AvgIpc) is 2.40. The van der Waals surface area contributed by atoms with Gasteiger partial charge >= 0.3 is 0 Å². The highest BCUT2D eigenvalue weighted by atomic mass is 79.9. The molecule has 0 amide bonds. The minimum absolute atomic E-state index is 0.720. The van der Waals surface area contributed by atoms with Gasteiger partial charge < -0.3 is 5.32 Å². The van der Waals surface area contributed by atoms with E-state index in [2.05, 4.69) is 61.4 Å². The molecule has 106 valence electrons. The molecule has 1 aromatic carbocycles. The summed E-state index contributed by atoms with van der Waals surface area (Å²) in [4.78, 5) is 11.2. The fourth-order valence-corrected chi connectivity index (χ4v) is 2.45. The largest absolute Gasteiger partial charge is 0.373 e.